The van der Waals surface area contributed by atoms with E-state index in [9.17, 15) is 0 Å². The topological polar surface area (TPSA) is 6.48 Å². The second-order valence-corrected chi connectivity index (χ2v) is 6.81. The molecular weight excluding hydrogens is 256 g/mol. The van der Waals surface area contributed by atoms with E-state index in [1.165, 1.54) is 110 Å². The first-order valence-electron chi connectivity index (χ1n) is 9.81. The third-order valence-electron chi connectivity index (χ3n) is 4.99. The summed E-state index contributed by atoms with van der Waals surface area (Å²) in [7, 11) is 0. The first kappa shape index (κ1) is 19.0. The van der Waals surface area contributed by atoms with Crippen LogP contribution >= 0.6 is 0 Å². The van der Waals surface area contributed by atoms with Crippen molar-refractivity contribution >= 4 is 0 Å². The van der Waals surface area contributed by atoms with Gasteiger partial charge in [0.1, 0.15) is 0 Å². The molecule has 126 valence electrons. The van der Waals surface area contributed by atoms with E-state index in [0.29, 0.717) is 0 Å². The van der Waals surface area contributed by atoms with Gasteiger partial charge in [-0.25, -0.2) is 0 Å². The molecule has 0 aromatic rings. The molecule has 1 aliphatic rings. The number of piperazine rings is 1. The summed E-state index contributed by atoms with van der Waals surface area (Å²) in [5, 5.41) is 0. The monoisotopic (exact) mass is 296 g/mol. The van der Waals surface area contributed by atoms with Crippen molar-refractivity contribution in [2.45, 2.75) is 84.5 Å². The molecule has 0 amide bonds. The van der Waals surface area contributed by atoms with Gasteiger partial charge in [0.05, 0.1) is 0 Å². The van der Waals surface area contributed by atoms with Crippen LogP contribution in [0.2, 0.25) is 0 Å². The lowest BCUT2D eigenvalue weighted by Gasteiger charge is -2.33. The number of likely N-dealkylation sites (N-methyl/N-ethyl adjacent to an activating group) is 1. The van der Waals surface area contributed by atoms with Crippen LogP contribution in [0.1, 0.15) is 84.5 Å². The molecule has 21 heavy (non-hydrogen) atoms. The van der Waals surface area contributed by atoms with Crippen LogP contribution in [-0.2, 0) is 0 Å². The van der Waals surface area contributed by atoms with Crippen LogP contribution in [0.4, 0.5) is 0 Å². The summed E-state index contributed by atoms with van der Waals surface area (Å²) >= 11 is 0. The number of hydrogen-bond donors (Lipinski definition) is 0. The molecule has 0 aromatic carbocycles. The Bertz CT molecular complexity index is 210. The Hall–Kier alpha value is -0.0800. The van der Waals surface area contributed by atoms with Crippen molar-refractivity contribution in [3.8, 4) is 0 Å². The molecule has 0 aliphatic carbocycles. The first-order chi connectivity index (χ1) is 10.4. The van der Waals surface area contributed by atoms with Crippen LogP contribution in [0.5, 0.6) is 0 Å². The van der Waals surface area contributed by atoms with Gasteiger partial charge < -0.3 is 9.80 Å². The van der Waals surface area contributed by atoms with Crippen molar-refractivity contribution in [2.75, 3.05) is 39.3 Å². The number of nitrogens with zero attached hydrogens (tertiary/aromatic N) is 2. The van der Waals surface area contributed by atoms with Crippen LogP contribution in [0.15, 0.2) is 0 Å². The van der Waals surface area contributed by atoms with Gasteiger partial charge in [-0.15, -0.1) is 0 Å². The zero-order valence-corrected chi connectivity index (χ0v) is 14.9. The standard InChI is InChI=1S/C19H40N2/c1-3-5-6-7-8-9-10-11-12-13-14-15-21-18-16-20(4-2)17-19-21/h3-19H2,1-2H3. The van der Waals surface area contributed by atoms with Gasteiger partial charge in [0.2, 0.25) is 0 Å². The maximum Gasteiger partial charge on any atom is 0.0110 e. The van der Waals surface area contributed by atoms with E-state index in [0.717, 1.165) is 0 Å². The second kappa shape index (κ2) is 13.6. The third-order valence-corrected chi connectivity index (χ3v) is 4.99. The molecule has 2 nitrogen and oxygen atoms in total. The van der Waals surface area contributed by atoms with E-state index in [2.05, 4.69) is 23.6 Å². The minimum absolute atomic E-state index is 1.23. The zero-order valence-electron chi connectivity index (χ0n) is 14.9. The van der Waals surface area contributed by atoms with E-state index in [4.69, 9.17) is 0 Å². The maximum absolute atomic E-state index is 2.67. The van der Waals surface area contributed by atoms with Gasteiger partial charge in [0, 0.05) is 26.2 Å². The molecule has 0 radical (unpaired) electrons. The smallest absolute Gasteiger partial charge is 0.0110 e. The highest BCUT2D eigenvalue weighted by Gasteiger charge is 2.14. The number of hydrogen-bond acceptors (Lipinski definition) is 2. The highest BCUT2D eigenvalue weighted by atomic mass is 15.3. The Morgan fingerprint density at radius 2 is 0.952 bits per heavy atom. The Morgan fingerprint density at radius 3 is 1.43 bits per heavy atom. The molecule has 0 atom stereocenters. The molecule has 1 saturated heterocycles. The van der Waals surface area contributed by atoms with E-state index >= 15 is 0 Å². The molecular formula is C19H40N2. The third kappa shape index (κ3) is 10.3. The summed E-state index contributed by atoms with van der Waals surface area (Å²) in [5.41, 5.74) is 0. The molecule has 1 fully saturated rings. The SMILES string of the molecule is CCCCCCCCCCCCCN1CCN(CC)CC1. The van der Waals surface area contributed by atoms with Gasteiger partial charge >= 0.3 is 0 Å². The fourth-order valence-electron chi connectivity index (χ4n) is 3.33. The summed E-state index contributed by atoms with van der Waals surface area (Å²) in [6.07, 6.45) is 16.0. The second-order valence-electron chi connectivity index (χ2n) is 6.81. The van der Waals surface area contributed by atoms with E-state index in [1.807, 2.05) is 0 Å². The van der Waals surface area contributed by atoms with E-state index < -0.39 is 0 Å². The molecule has 0 unspecified atom stereocenters. The Balaban J connectivity index is 1.77. The average Bonchev–Trinajstić information content (AvgIpc) is 2.53. The summed E-state index contributed by atoms with van der Waals surface area (Å²) in [6.45, 7) is 12.3. The fraction of sp³-hybridized carbons (Fsp3) is 1.00. The molecule has 0 N–H and O–H groups in total. The quantitative estimate of drug-likeness (QED) is 0.444. The van der Waals surface area contributed by atoms with Gasteiger partial charge in [0.15, 0.2) is 0 Å². The van der Waals surface area contributed by atoms with E-state index in [-0.39, 0.29) is 0 Å². The van der Waals surface area contributed by atoms with Gasteiger partial charge in [-0.3, -0.25) is 0 Å². The van der Waals surface area contributed by atoms with Gasteiger partial charge in [0.25, 0.3) is 0 Å². The molecule has 0 saturated carbocycles. The summed E-state index contributed by atoms with van der Waals surface area (Å²) < 4.78 is 0. The maximum atomic E-state index is 2.67. The van der Waals surface area contributed by atoms with Crippen molar-refractivity contribution in [1.29, 1.82) is 0 Å². The Labute approximate surface area is 134 Å². The number of rotatable bonds is 13. The predicted molar refractivity (Wildman–Crippen MR) is 95.0 cm³/mol. The molecule has 0 bridgehead atoms. The highest BCUT2D eigenvalue weighted by Crippen LogP contribution is 2.12. The largest absolute Gasteiger partial charge is 0.301 e. The van der Waals surface area contributed by atoms with Crippen molar-refractivity contribution in [3.05, 3.63) is 0 Å². The lowest BCUT2D eigenvalue weighted by atomic mass is 10.1. The summed E-state index contributed by atoms with van der Waals surface area (Å²) in [6, 6.07) is 0. The first-order valence-corrected chi connectivity index (χ1v) is 9.81. The van der Waals surface area contributed by atoms with Crippen molar-refractivity contribution in [1.82, 2.24) is 9.80 Å². The predicted octanol–water partition coefficient (Wildman–Crippen LogP) is 4.93. The fourth-order valence-corrected chi connectivity index (χ4v) is 3.33. The van der Waals surface area contributed by atoms with Crippen molar-refractivity contribution in [3.63, 3.8) is 0 Å². The van der Waals surface area contributed by atoms with Crippen molar-refractivity contribution in [2.24, 2.45) is 0 Å². The van der Waals surface area contributed by atoms with E-state index in [1.54, 1.807) is 0 Å². The summed E-state index contributed by atoms with van der Waals surface area (Å²) in [4.78, 5) is 5.23. The minimum Gasteiger partial charge on any atom is -0.301 e. The molecule has 1 aliphatic heterocycles. The van der Waals surface area contributed by atoms with Crippen LogP contribution in [0, 0.1) is 0 Å². The van der Waals surface area contributed by atoms with Crippen LogP contribution in [-0.4, -0.2) is 49.1 Å². The Morgan fingerprint density at radius 1 is 0.524 bits per heavy atom. The van der Waals surface area contributed by atoms with Crippen molar-refractivity contribution < 1.29 is 0 Å². The van der Waals surface area contributed by atoms with Crippen LogP contribution < -0.4 is 0 Å². The highest BCUT2D eigenvalue weighted by molar-refractivity contribution is 4.70. The van der Waals surface area contributed by atoms with Gasteiger partial charge in [-0.05, 0) is 19.5 Å². The molecule has 2 heteroatoms. The molecule has 1 heterocycles. The lowest BCUT2D eigenvalue weighted by Crippen LogP contribution is -2.46. The molecule has 0 spiro atoms. The average molecular weight is 297 g/mol. The lowest BCUT2D eigenvalue weighted by molar-refractivity contribution is 0.135. The zero-order chi connectivity index (χ0) is 15.2. The Kier molecular flexibility index (Phi) is 12.3. The van der Waals surface area contributed by atoms with Gasteiger partial charge in [-0.2, -0.15) is 0 Å². The molecule has 1 rings (SSSR count). The van der Waals surface area contributed by atoms with Gasteiger partial charge in [-0.1, -0.05) is 78.1 Å². The molecule has 0 aromatic heterocycles. The number of unbranched alkanes of at least 4 members (excludes halogenated alkanes) is 10. The normalized spacial score (nSPS) is 17.4. The summed E-state index contributed by atoms with van der Waals surface area (Å²) in [5.74, 6) is 0. The van der Waals surface area contributed by atoms with Crippen LogP contribution in [0.3, 0.4) is 0 Å². The van der Waals surface area contributed by atoms with Crippen LogP contribution in [0.25, 0.3) is 0 Å². The minimum atomic E-state index is 1.23.